The van der Waals surface area contributed by atoms with E-state index in [4.69, 9.17) is 9.84 Å². The van der Waals surface area contributed by atoms with Gasteiger partial charge in [0.2, 0.25) is 0 Å². The summed E-state index contributed by atoms with van der Waals surface area (Å²) in [6.45, 7) is 0. The fraction of sp³-hybridized carbons (Fsp3) is 0.188. The van der Waals surface area contributed by atoms with Gasteiger partial charge in [0.05, 0.1) is 18.5 Å². The van der Waals surface area contributed by atoms with Crippen LogP contribution >= 0.6 is 0 Å². The molecule has 1 aliphatic carbocycles. The van der Waals surface area contributed by atoms with Crippen LogP contribution in [0.5, 0.6) is 5.75 Å². The maximum atomic E-state index is 12.0. The highest BCUT2D eigenvalue weighted by atomic mass is 16.5. The van der Waals surface area contributed by atoms with Crippen LogP contribution in [0.4, 0.5) is 0 Å². The predicted octanol–water partition coefficient (Wildman–Crippen LogP) is 1.49. The van der Waals surface area contributed by atoms with E-state index >= 15 is 0 Å². The number of nitrogens with zero attached hydrogens (tertiary/aromatic N) is 2. The number of methoxy groups -OCH3 is 1. The third-order valence-corrected chi connectivity index (χ3v) is 4.15. The third-order valence-electron chi connectivity index (χ3n) is 4.15. The molecule has 3 heterocycles. The van der Waals surface area contributed by atoms with Crippen LogP contribution < -0.4 is 10.3 Å². The fourth-order valence-electron chi connectivity index (χ4n) is 3.04. The van der Waals surface area contributed by atoms with E-state index < -0.39 is 11.5 Å². The highest BCUT2D eigenvalue weighted by Gasteiger charge is 2.24. The Bertz CT molecular complexity index is 1020. The average molecular weight is 311 g/mol. The minimum absolute atomic E-state index is 0.238. The highest BCUT2D eigenvalue weighted by molar-refractivity contribution is 5.88. The number of hydrogen-bond donors (Lipinski definition) is 2. The van der Waals surface area contributed by atoms with Gasteiger partial charge in [-0.15, -0.1) is 0 Å². The molecule has 0 amide bonds. The van der Waals surface area contributed by atoms with Crippen molar-refractivity contribution in [3.8, 4) is 17.1 Å². The van der Waals surface area contributed by atoms with Crippen molar-refractivity contribution in [1.29, 1.82) is 0 Å². The zero-order valence-electron chi connectivity index (χ0n) is 12.3. The van der Waals surface area contributed by atoms with Crippen molar-refractivity contribution in [2.75, 3.05) is 7.11 Å². The van der Waals surface area contributed by atoms with Crippen molar-refractivity contribution < 1.29 is 14.6 Å². The standard InChI is InChI=1S/C16H13N3O4/c1-23-9-4-5-19-11-3-2-8-6-10(16(21)22)15(20)18-13(8)14(11)17-12(19)7-9/h4-7H,2-3H2,1H3,(H,18,20)(H,21,22). The van der Waals surface area contributed by atoms with Gasteiger partial charge in [0.25, 0.3) is 5.56 Å². The smallest absolute Gasteiger partial charge is 0.341 e. The zero-order valence-corrected chi connectivity index (χ0v) is 12.3. The number of aromatic nitrogens is 3. The summed E-state index contributed by atoms with van der Waals surface area (Å²) >= 11 is 0. The summed E-state index contributed by atoms with van der Waals surface area (Å²) in [5, 5.41) is 9.08. The number of aromatic carboxylic acids is 1. The number of carboxylic acid groups (broad SMARTS) is 1. The SMILES string of the molecule is COc1ccn2c3c(nc2c1)-c1[nH]c(=O)c(C(=O)O)cc1CC3. The molecule has 0 aliphatic heterocycles. The quantitative estimate of drug-likeness (QED) is 0.747. The molecular formula is C16H13N3O4. The Balaban J connectivity index is 1.97. The lowest BCUT2D eigenvalue weighted by Gasteiger charge is -2.15. The van der Waals surface area contributed by atoms with Gasteiger partial charge >= 0.3 is 5.97 Å². The molecule has 0 radical (unpaired) electrons. The maximum absolute atomic E-state index is 12.0. The lowest BCUT2D eigenvalue weighted by Crippen LogP contribution is -2.21. The Hall–Kier alpha value is -3.09. The molecule has 2 N–H and O–H groups in total. The van der Waals surface area contributed by atoms with Gasteiger partial charge in [-0.05, 0) is 30.5 Å². The van der Waals surface area contributed by atoms with Gasteiger partial charge in [-0.1, -0.05) is 0 Å². The van der Waals surface area contributed by atoms with Gasteiger partial charge in [-0.2, -0.15) is 0 Å². The number of hydrogen-bond acceptors (Lipinski definition) is 4. The number of pyridine rings is 2. The van der Waals surface area contributed by atoms with E-state index in [1.54, 1.807) is 7.11 Å². The van der Waals surface area contributed by atoms with Crippen molar-refractivity contribution in [2.45, 2.75) is 12.8 Å². The van der Waals surface area contributed by atoms with Crippen molar-refractivity contribution in [1.82, 2.24) is 14.4 Å². The minimum Gasteiger partial charge on any atom is -0.497 e. The normalized spacial score (nSPS) is 12.7. The Morgan fingerprint density at radius 2 is 2.22 bits per heavy atom. The first-order chi connectivity index (χ1) is 11.1. The number of imidazole rings is 1. The summed E-state index contributed by atoms with van der Waals surface area (Å²) in [6.07, 6.45) is 3.26. The summed E-state index contributed by atoms with van der Waals surface area (Å²) in [7, 11) is 1.59. The first kappa shape index (κ1) is 13.6. The second-order valence-corrected chi connectivity index (χ2v) is 5.42. The number of nitrogens with one attached hydrogen (secondary N) is 1. The van der Waals surface area contributed by atoms with Crippen molar-refractivity contribution >= 4 is 11.6 Å². The van der Waals surface area contributed by atoms with E-state index in [0.29, 0.717) is 23.6 Å². The van der Waals surface area contributed by atoms with Crippen LogP contribution in [0.3, 0.4) is 0 Å². The number of ether oxygens (including phenoxy) is 1. The molecular weight excluding hydrogens is 298 g/mol. The van der Waals surface area contributed by atoms with Crippen LogP contribution in [0.1, 0.15) is 21.6 Å². The molecule has 7 heteroatoms. The minimum atomic E-state index is -1.22. The van der Waals surface area contributed by atoms with Crippen LogP contribution in [0, 0.1) is 0 Å². The maximum Gasteiger partial charge on any atom is 0.341 e. The van der Waals surface area contributed by atoms with Crippen molar-refractivity contribution in [3.05, 3.63) is 51.6 Å². The third kappa shape index (κ3) is 1.93. The molecule has 1 aliphatic rings. The number of aromatic amines is 1. The molecule has 7 nitrogen and oxygen atoms in total. The Labute approximate surface area is 130 Å². The largest absolute Gasteiger partial charge is 0.497 e. The Morgan fingerprint density at radius 1 is 1.39 bits per heavy atom. The first-order valence-electron chi connectivity index (χ1n) is 7.13. The van der Waals surface area contributed by atoms with Crippen LogP contribution in [-0.4, -0.2) is 32.6 Å². The molecule has 0 atom stereocenters. The first-order valence-corrected chi connectivity index (χ1v) is 7.13. The zero-order chi connectivity index (χ0) is 16.1. The molecule has 4 rings (SSSR count). The van der Waals surface area contributed by atoms with E-state index in [2.05, 4.69) is 9.97 Å². The lowest BCUT2D eigenvalue weighted by atomic mass is 9.95. The molecule has 116 valence electrons. The number of fused-ring (bicyclic) bond motifs is 5. The Morgan fingerprint density at radius 3 is 2.96 bits per heavy atom. The van der Waals surface area contributed by atoms with Crippen LogP contribution in [0.2, 0.25) is 0 Å². The fourth-order valence-corrected chi connectivity index (χ4v) is 3.04. The highest BCUT2D eigenvalue weighted by Crippen LogP contribution is 2.32. The molecule has 0 fully saturated rings. The number of aryl methyl sites for hydroxylation is 2. The molecule has 3 aromatic rings. The van der Waals surface area contributed by atoms with E-state index in [9.17, 15) is 9.59 Å². The second-order valence-electron chi connectivity index (χ2n) is 5.42. The molecule has 0 saturated carbocycles. The number of carbonyl (C=O) groups is 1. The second kappa shape index (κ2) is 4.70. The van der Waals surface area contributed by atoms with E-state index in [1.807, 2.05) is 22.7 Å². The monoisotopic (exact) mass is 311 g/mol. The van der Waals surface area contributed by atoms with Crippen molar-refractivity contribution in [2.24, 2.45) is 0 Å². The summed E-state index contributed by atoms with van der Waals surface area (Å²) in [6, 6.07) is 5.12. The predicted molar refractivity (Wildman–Crippen MR) is 82.2 cm³/mol. The molecule has 0 bridgehead atoms. The van der Waals surface area contributed by atoms with Gasteiger partial charge < -0.3 is 19.2 Å². The lowest BCUT2D eigenvalue weighted by molar-refractivity contribution is 0.0695. The molecule has 0 aromatic carbocycles. The molecule has 0 saturated heterocycles. The van der Waals surface area contributed by atoms with Crippen LogP contribution in [0.15, 0.2) is 29.2 Å². The van der Waals surface area contributed by atoms with Gasteiger partial charge in [0.1, 0.15) is 22.7 Å². The van der Waals surface area contributed by atoms with E-state index in [-0.39, 0.29) is 5.56 Å². The van der Waals surface area contributed by atoms with Gasteiger partial charge in [0.15, 0.2) is 0 Å². The molecule has 3 aromatic heterocycles. The average Bonchev–Trinajstić information content (AvgIpc) is 2.92. The van der Waals surface area contributed by atoms with Crippen LogP contribution in [-0.2, 0) is 12.8 Å². The van der Waals surface area contributed by atoms with Crippen LogP contribution in [0.25, 0.3) is 17.0 Å². The van der Waals surface area contributed by atoms with Crippen molar-refractivity contribution in [3.63, 3.8) is 0 Å². The summed E-state index contributed by atoms with van der Waals surface area (Å²) in [5.41, 5.74) is 2.96. The molecule has 23 heavy (non-hydrogen) atoms. The summed E-state index contributed by atoms with van der Waals surface area (Å²) in [5.74, 6) is -0.519. The van der Waals surface area contributed by atoms with E-state index in [0.717, 1.165) is 23.3 Å². The Kier molecular flexibility index (Phi) is 2.77. The van der Waals surface area contributed by atoms with Gasteiger partial charge in [-0.3, -0.25) is 4.79 Å². The van der Waals surface area contributed by atoms with Gasteiger partial charge in [0, 0.05) is 12.3 Å². The number of rotatable bonds is 2. The number of carboxylic acids is 1. The van der Waals surface area contributed by atoms with Gasteiger partial charge in [-0.25, -0.2) is 9.78 Å². The van der Waals surface area contributed by atoms with E-state index in [1.165, 1.54) is 6.07 Å². The molecule has 0 unspecified atom stereocenters. The summed E-state index contributed by atoms with van der Waals surface area (Å²) < 4.78 is 7.17. The number of H-pyrrole nitrogens is 1. The summed E-state index contributed by atoms with van der Waals surface area (Å²) in [4.78, 5) is 30.3. The molecule has 0 spiro atoms. The topological polar surface area (TPSA) is 96.7 Å².